The quantitative estimate of drug-likeness (QED) is 0.105. The molecule has 0 amide bonds. The molecule has 0 unspecified atom stereocenters. The first-order valence-electron chi connectivity index (χ1n) is 23.8. The van der Waals surface area contributed by atoms with E-state index in [1.54, 1.807) is 0 Å². The fraction of sp³-hybridized carbons (Fsp3) is 0.290. The van der Waals surface area contributed by atoms with Gasteiger partial charge in [0, 0.05) is 0 Å². The van der Waals surface area contributed by atoms with Gasteiger partial charge in [0.2, 0.25) is 0 Å². The summed E-state index contributed by atoms with van der Waals surface area (Å²) in [6.45, 7) is 25.1. The molecule has 1 fully saturated rings. The normalized spacial score (nSPS) is 14.7. The first-order valence-corrected chi connectivity index (χ1v) is 28.7. The maximum absolute atomic E-state index is 4.57. The summed E-state index contributed by atoms with van der Waals surface area (Å²) in [4.78, 5) is 0. The predicted octanol–water partition coefficient (Wildman–Crippen LogP) is 12.8. The molecule has 1 aliphatic carbocycles. The zero-order valence-corrected chi connectivity index (χ0v) is 46.5. The van der Waals surface area contributed by atoms with E-state index < -0.39 is 15.8 Å². The number of rotatable bonds is 8. The summed E-state index contributed by atoms with van der Waals surface area (Å²) < 4.78 is 0. The zero-order chi connectivity index (χ0) is 47.2. The Morgan fingerprint density at radius 1 is 0.418 bits per heavy atom. The number of benzene rings is 8. The van der Waals surface area contributed by atoms with E-state index in [0.29, 0.717) is 0 Å². The summed E-state index contributed by atoms with van der Waals surface area (Å²) in [7, 11) is 2.69. The van der Waals surface area contributed by atoms with Crippen LogP contribution < -0.4 is 44.2 Å². The molecule has 0 aliphatic heterocycles. The van der Waals surface area contributed by atoms with Gasteiger partial charge < -0.3 is 12.4 Å². The van der Waals surface area contributed by atoms with Gasteiger partial charge in [-0.1, -0.05) is 224 Å². The Bertz CT molecular complexity index is 2590. The average molecular weight is 1050 g/mol. The van der Waals surface area contributed by atoms with Gasteiger partial charge in [0.25, 0.3) is 0 Å². The second-order valence-corrected chi connectivity index (χ2v) is 24.1. The molecule has 67 heavy (non-hydrogen) atoms. The van der Waals surface area contributed by atoms with Crippen LogP contribution in [-0.4, -0.2) is 0 Å². The van der Waals surface area contributed by atoms with E-state index in [9.17, 15) is 0 Å². The van der Waals surface area contributed by atoms with Crippen molar-refractivity contribution in [1.29, 1.82) is 0 Å². The first-order chi connectivity index (χ1) is 31.7. The van der Waals surface area contributed by atoms with Crippen molar-refractivity contribution in [2.24, 2.45) is 17.8 Å². The van der Waals surface area contributed by atoms with Gasteiger partial charge in [0.05, 0.1) is 0 Å². The molecule has 0 N–H and O–H groups in total. The molecule has 0 saturated heterocycles. The van der Waals surface area contributed by atoms with Gasteiger partial charge in [-0.05, 0) is 166 Å². The van der Waals surface area contributed by atoms with Gasteiger partial charge in [-0.3, -0.25) is 0 Å². The van der Waals surface area contributed by atoms with Gasteiger partial charge in [-0.25, -0.2) is 0 Å². The molecule has 8 aromatic carbocycles. The third kappa shape index (κ3) is 12.6. The summed E-state index contributed by atoms with van der Waals surface area (Å²) in [5.41, 5.74) is 13.2. The Kier molecular flexibility index (Phi) is 18.7. The van der Waals surface area contributed by atoms with E-state index in [-0.39, 0.29) is 12.4 Å². The molecule has 1 aliphatic rings. The van der Waals surface area contributed by atoms with Crippen LogP contribution in [0.4, 0.5) is 0 Å². The van der Waals surface area contributed by atoms with Crippen LogP contribution in [0.25, 0.3) is 32.7 Å². The zero-order valence-electron chi connectivity index (χ0n) is 41.4. The van der Waals surface area contributed by atoms with Gasteiger partial charge >= 0.3 is 27.0 Å². The molecule has 0 nitrogen and oxygen atoms in total. The Labute approximate surface area is 426 Å². The monoisotopic (exact) mass is 1050 g/mol. The van der Waals surface area contributed by atoms with Crippen molar-refractivity contribution in [1.82, 2.24) is 0 Å². The van der Waals surface area contributed by atoms with Crippen molar-refractivity contribution >= 4 is 78.9 Å². The molecular weight excluding hydrogens is 979 g/mol. The Balaban J connectivity index is 0.000000502. The number of hydrogen-bond acceptors (Lipinski definition) is 0. The molecule has 0 atom stereocenters. The van der Waals surface area contributed by atoms with Crippen molar-refractivity contribution in [3.05, 3.63) is 190 Å². The molecule has 0 heterocycles. The van der Waals surface area contributed by atoms with Crippen molar-refractivity contribution in [3.63, 3.8) is 0 Å². The SMILES string of the molecule is CC1CCC(C(C)C)CC1.Cc1cc(C)cc(P(c2cc(C)cc(C)c2)c2ccc3ccccc3c2-c2c(P(c3cc(C)cc(C)c3)c3cc(C)cc(C)c3)ccc3ccccc23)c1.[Cl-].[Cl][Ru+]. The summed E-state index contributed by atoms with van der Waals surface area (Å²) in [6.07, 6.45) is 5.92. The Morgan fingerprint density at radius 3 is 0.985 bits per heavy atom. The fourth-order valence-electron chi connectivity index (χ4n) is 10.5. The summed E-state index contributed by atoms with van der Waals surface area (Å²) in [5.74, 6) is 2.97. The molecule has 0 spiro atoms. The van der Waals surface area contributed by atoms with E-state index in [4.69, 9.17) is 0 Å². The topological polar surface area (TPSA) is 0 Å². The molecule has 0 aromatic heterocycles. The van der Waals surface area contributed by atoms with Crippen LogP contribution in [0.3, 0.4) is 0 Å². The van der Waals surface area contributed by atoms with Crippen LogP contribution in [0, 0.1) is 73.1 Å². The number of aryl methyl sites for hydroxylation is 8. The average Bonchev–Trinajstić information content (AvgIpc) is 3.26. The van der Waals surface area contributed by atoms with E-state index in [1.165, 1.54) is 135 Å². The summed E-state index contributed by atoms with van der Waals surface area (Å²) in [6, 6.07) is 56.6. The molecule has 1 saturated carbocycles. The van der Waals surface area contributed by atoms with Gasteiger partial charge in [-0.2, -0.15) is 0 Å². The second-order valence-electron chi connectivity index (χ2n) is 19.7. The third-order valence-electron chi connectivity index (χ3n) is 13.4. The van der Waals surface area contributed by atoms with Crippen LogP contribution in [0.15, 0.2) is 146 Å². The van der Waals surface area contributed by atoms with E-state index in [0.717, 1.165) is 17.8 Å². The van der Waals surface area contributed by atoms with Crippen LogP contribution in [0.1, 0.15) is 91.0 Å². The van der Waals surface area contributed by atoms with Gasteiger partial charge in [-0.15, -0.1) is 0 Å². The van der Waals surface area contributed by atoms with Crippen molar-refractivity contribution in [2.75, 3.05) is 0 Å². The molecule has 8 aromatic rings. The summed E-state index contributed by atoms with van der Waals surface area (Å²) in [5, 5.41) is 13.6. The molecular formula is C62H68Cl2P2Ru. The second kappa shape index (κ2) is 23.8. The third-order valence-corrected chi connectivity index (χ3v) is 18.2. The van der Waals surface area contributed by atoms with E-state index >= 15 is 0 Å². The van der Waals surface area contributed by atoms with Gasteiger partial charge in [0.1, 0.15) is 0 Å². The standard InChI is InChI=1S/C52H48P2.C10H20.2ClH.Ru/c1-33-21-34(2)26-43(25-33)53(44-27-35(3)22-36(4)28-44)49-19-17-41-13-9-11-15-47(41)51(49)52-48-16-12-10-14-42(48)18-20-50(52)54(45-29-37(5)23-38(6)30-45)46-31-39(7)24-40(8)32-46;1-8(2)10-6-4-9(3)5-7-10;;;/h9-32H,1-8H3;8-10H,4-7H2,1-3H3;2*1H;/q;;;;+2/p-2. The minimum atomic E-state index is -0.937. The summed E-state index contributed by atoms with van der Waals surface area (Å²) >= 11 is 1.82. The molecule has 0 bridgehead atoms. The van der Waals surface area contributed by atoms with Crippen LogP contribution in [0.2, 0.25) is 0 Å². The maximum atomic E-state index is 4.57. The van der Waals surface area contributed by atoms with Crippen LogP contribution >= 0.6 is 25.5 Å². The molecule has 0 radical (unpaired) electrons. The Morgan fingerprint density at radius 2 is 0.701 bits per heavy atom. The first kappa shape index (κ1) is 52.7. The number of hydrogen-bond donors (Lipinski definition) is 0. The van der Waals surface area contributed by atoms with Crippen molar-refractivity contribution in [3.8, 4) is 11.1 Å². The Hall–Kier alpha value is -3.66. The van der Waals surface area contributed by atoms with Crippen LogP contribution in [0.5, 0.6) is 0 Å². The van der Waals surface area contributed by atoms with Crippen LogP contribution in [-0.2, 0) is 17.3 Å². The van der Waals surface area contributed by atoms with Gasteiger partial charge in [0.15, 0.2) is 0 Å². The fourth-order valence-corrected chi connectivity index (χ4v) is 16.3. The van der Waals surface area contributed by atoms with Crippen molar-refractivity contribution < 1.29 is 29.7 Å². The predicted molar refractivity (Wildman–Crippen MR) is 294 cm³/mol. The minimum absolute atomic E-state index is 0. The van der Waals surface area contributed by atoms with Crippen molar-refractivity contribution in [2.45, 2.75) is 102 Å². The number of halogens is 2. The van der Waals surface area contributed by atoms with E-state index in [2.05, 4.69) is 231 Å². The number of fused-ring (bicyclic) bond motifs is 2. The molecule has 9 rings (SSSR count). The molecule has 348 valence electrons. The van der Waals surface area contributed by atoms with E-state index in [1.807, 2.05) is 17.3 Å². The molecule has 5 heteroatoms.